The number of amides is 1. The quantitative estimate of drug-likeness (QED) is 0.323. The van der Waals surface area contributed by atoms with Crippen LogP contribution >= 0.6 is 24.0 Å². The Balaban J connectivity index is 0.00000320. The molecule has 164 valence electrons. The summed E-state index contributed by atoms with van der Waals surface area (Å²) in [5.74, 6) is 1.86. The fourth-order valence-electron chi connectivity index (χ4n) is 3.71. The molecular weight excluding hydrogens is 497 g/mol. The Labute approximate surface area is 194 Å². The van der Waals surface area contributed by atoms with Gasteiger partial charge in [-0.25, -0.2) is 0 Å². The van der Waals surface area contributed by atoms with Crippen molar-refractivity contribution in [2.45, 2.75) is 32.1 Å². The van der Waals surface area contributed by atoms with E-state index in [2.05, 4.69) is 30.8 Å². The summed E-state index contributed by atoms with van der Waals surface area (Å²) in [6, 6.07) is 5.54. The van der Waals surface area contributed by atoms with Crippen LogP contribution in [0.1, 0.15) is 31.5 Å². The Bertz CT molecular complexity index is 833. The maximum atomic E-state index is 12.7. The minimum absolute atomic E-state index is 0. The molecule has 9 nitrogen and oxygen atoms in total. The van der Waals surface area contributed by atoms with Gasteiger partial charge in [-0.05, 0) is 25.0 Å². The molecule has 0 aromatic carbocycles. The number of pyridine rings is 1. The third-order valence-electron chi connectivity index (χ3n) is 5.23. The van der Waals surface area contributed by atoms with Crippen LogP contribution < -0.4 is 10.6 Å². The number of guanidine groups is 1. The van der Waals surface area contributed by atoms with Gasteiger partial charge in [0.05, 0.1) is 5.41 Å². The molecule has 2 N–H and O–H groups in total. The highest BCUT2D eigenvalue weighted by Gasteiger charge is 2.42. The largest absolute Gasteiger partial charge is 0.356 e. The van der Waals surface area contributed by atoms with Crippen molar-refractivity contribution < 1.29 is 9.32 Å². The van der Waals surface area contributed by atoms with Gasteiger partial charge >= 0.3 is 0 Å². The summed E-state index contributed by atoms with van der Waals surface area (Å²) in [5, 5.41) is 10.6. The van der Waals surface area contributed by atoms with E-state index in [0.717, 1.165) is 25.7 Å². The van der Waals surface area contributed by atoms with E-state index < -0.39 is 0 Å². The third kappa shape index (κ3) is 5.89. The van der Waals surface area contributed by atoms with E-state index in [4.69, 9.17) is 4.52 Å². The number of halogens is 1. The zero-order valence-electron chi connectivity index (χ0n) is 17.7. The number of hydrogen-bond acceptors (Lipinski definition) is 6. The fraction of sp³-hybridized carbons (Fsp3) is 0.550. The van der Waals surface area contributed by atoms with Crippen molar-refractivity contribution >= 4 is 35.8 Å². The van der Waals surface area contributed by atoms with Gasteiger partial charge in [0.25, 0.3) is 5.89 Å². The molecule has 2 aromatic rings. The van der Waals surface area contributed by atoms with Crippen molar-refractivity contribution in [1.82, 2.24) is 30.7 Å². The number of hydrogen-bond donors (Lipinski definition) is 2. The van der Waals surface area contributed by atoms with Crippen molar-refractivity contribution in [3.05, 3.63) is 30.2 Å². The molecule has 0 radical (unpaired) electrons. The predicted molar refractivity (Wildman–Crippen MR) is 126 cm³/mol. The van der Waals surface area contributed by atoms with Gasteiger partial charge in [-0.3, -0.25) is 14.8 Å². The summed E-state index contributed by atoms with van der Waals surface area (Å²) in [6.07, 6.45) is 6.27. The SMILES string of the molecule is CN=C(NCCc1noc(-c2ccccn2)n1)NCC1(C(=O)N(C)C)CCCC1.I. The molecule has 3 rings (SSSR count). The van der Waals surface area contributed by atoms with Crippen molar-refractivity contribution in [3.8, 4) is 11.6 Å². The molecule has 30 heavy (non-hydrogen) atoms. The van der Waals surface area contributed by atoms with Crippen molar-refractivity contribution in [2.75, 3.05) is 34.2 Å². The van der Waals surface area contributed by atoms with Gasteiger partial charge in [-0.15, -0.1) is 24.0 Å². The first-order valence-electron chi connectivity index (χ1n) is 9.94. The van der Waals surface area contributed by atoms with Crippen LogP contribution in [0.25, 0.3) is 11.6 Å². The molecule has 1 saturated carbocycles. The van der Waals surface area contributed by atoms with Crippen LogP contribution in [-0.4, -0.2) is 66.1 Å². The first kappa shape index (κ1) is 24.0. The minimum atomic E-state index is -0.341. The molecule has 0 bridgehead atoms. The highest BCUT2D eigenvalue weighted by molar-refractivity contribution is 14.0. The monoisotopic (exact) mass is 527 g/mol. The number of nitrogens with one attached hydrogen (secondary N) is 2. The van der Waals surface area contributed by atoms with Crippen LogP contribution in [0.3, 0.4) is 0 Å². The topological polar surface area (TPSA) is 109 Å². The van der Waals surface area contributed by atoms with Crippen LogP contribution in [0.15, 0.2) is 33.9 Å². The highest BCUT2D eigenvalue weighted by Crippen LogP contribution is 2.38. The van der Waals surface area contributed by atoms with Gasteiger partial charge in [0, 0.05) is 46.9 Å². The second-order valence-electron chi connectivity index (χ2n) is 7.52. The normalized spacial score (nSPS) is 15.4. The van der Waals surface area contributed by atoms with Crippen molar-refractivity contribution in [1.29, 1.82) is 0 Å². The van der Waals surface area contributed by atoms with Crippen LogP contribution in [0, 0.1) is 5.41 Å². The lowest BCUT2D eigenvalue weighted by Crippen LogP contribution is -2.49. The summed E-state index contributed by atoms with van der Waals surface area (Å²) in [5.41, 5.74) is 0.316. The molecule has 0 spiro atoms. The minimum Gasteiger partial charge on any atom is -0.356 e. The molecule has 1 aliphatic carbocycles. The number of aromatic nitrogens is 3. The zero-order valence-corrected chi connectivity index (χ0v) is 20.1. The number of aliphatic imine (C=N–C) groups is 1. The summed E-state index contributed by atoms with van der Waals surface area (Å²) in [6.45, 7) is 1.17. The molecule has 0 atom stereocenters. The average molecular weight is 527 g/mol. The summed E-state index contributed by atoms with van der Waals surface area (Å²) < 4.78 is 5.27. The Morgan fingerprint density at radius 2 is 2.03 bits per heavy atom. The Morgan fingerprint density at radius 3 is 2.67 bits per heavy atom. The lowest BCUT2D eigenvalue weighted by atomic mass is 9.84. The maximum Gasteiger partial charge on any atom is 0.276 e. The average Bonchev–Trinajstić information content (AvgIpc) is 3.41. The van der Waals surface area contributed by atoms with Crippen molar-refractivity contribution in [2.24, 2.45) is 10.4 Å². The molecule has 1 aliphatic rings. The molecule has 10 heteroatoms. The number of rotatable bonds is 7. The van der Waals surface area contributed by atoms with E-state index in [-0.39, 0.29) is 35.3 Å². The number of carbonyl (C=O) groups excluding carboxylic acids is 1. The number of nitrogens with zero attached hydrogens (tertiary/aromatic N) is 5. The summed E-state index contributed by atoms with van der Waals surface area (Å²) >= 11 is 0. The molecule has 2 aromatic heterocycles. The molecular formula is C20H30IN7O2. The fourth-order valence-corrected chi connectivity index (χ4v) is 3.71. The lowest BCUT2D eigenvalue weighted by molar-refractivity contribution is -0.138. The van der Waals surface area contributed by atoms with Crippen LogP contribution in [0.2, 0.25) is 0 Å². The first-order valence-corrected chi connectivity index (χ1v) is 9.94. The van der Waals surface area contributed by atoms with Crippen LogP contribution in [0.4, 0.5) is 0 Å². The van der Waals surface area contributed by atoms with Gasteiger partial charge in [-0.1, -0.05) is 24.1 Å². The highest BCUT2D eigenvalue weighted by atomic mass is 127. The summed E-state index contributed by atoms with van der Waals surface area (Å²) in [4.78, 5) is 27.2. The Hall–Kier alpha value is -2.24. The molecule has 2 heterocycles. The van der Waals surface area contributed by atoms with Gasteiger partial charge in [0.15, 0.2) is 11.8 Å². The zero-order chi connectivity index (χ0) is 20.7. The molecule has 1 fully saturated rings. The molecule has 0 saturated heterocycles. The maximum absolute atomic E-state index is 12.7. The molecule has 0 unspecified atom stereocenters. The van der Waals surface area contributed by atoms with Crippen LogP contribution in [-0.2, 0) is 11.2 Å². The summed E-state index contributed by atoms with van der Waals surface area (Å²) in [7, 11) is 5.36. The number of carbonyl (C=O) groups is 1. The van der Waals surface area contributed by atoms with E-state index in [1.807, 2.05) is 32.3 Å². The van der Waals surface area contributed by atoms with Crippen molar-refractivity contribution in [3.63, 3.8) is 0 Å². The first-order chi connectivity index (χ1) is 14.0. The van der Waals surface area contributed by atoms with Crippen LogP contribution in [0.5, 0.6) is 0 Å². The van der Waals surface area contributed by atoms with E-state index in [1.54, 1.807) is 18.1 Å². The Morgan fingerprint density at radius 1 is 1.27 bits per heavy atom. The molecule has 0 aliphatic heterocycles. The smallest absolute Gasteiger partial charge is 0.276 e. The molecule has 1 amide bonds. The second kappa shape index (κ2) is 11.2. The second-order valence-corrected chi connectivity index (χ2v) is 7.52. The van der Waals surface area contributed by atoms with E-state index in [0.29, 0.717) is 42.9 Å². The van der Waals surface area contributed by atoms with E-state index in [9.17, 15) is 4.79 Å². The Kier molecular flexibility index (Phi) is 9.00. The van der Waals surface area contributed by atoms with E-state index >= 15 is 0 Å². The lowest BCUT2D eigenvalue weighted by Gasteiger charge is -2.31. The van der Waals surface area contributed by atoms with E-state index in [1.165, 1.54) is 0 Å². The van der Waals surface area contributed by atoms with Gasteiger partial charge in [0.2, 0.25) is 5.91 Å². The third-order valence-corrected chi connectivity index (χ3v) is 5.23. The van der Waals surface area contributed by atoms with Gasteiger partial charge in [-0.2, -0.15) is 4.98 Å². The van der Waals surface area contributed by atoms with Gasteiger partial charge < -0.3 is 20.1 Å². The standard InChI is InChI=1S/C20H29N7O2.HI/c1-21-19(24-14-20(10-5-6-11-20)18(28)27(2)3)23-13-9-16-25-17(29-26-16)15-8-4-7-12-22-15;/h4,7-8,12H,5-6,9-11,13-14H2,1-3H3,(H2,21,23,24);1H. The predicted octanol–water partition coefficient (Wildman–Crippen LogP) is 2.11. The van der Waals surface area contributed by atoms with Gasteiger partial charge in [0.1, 0.15) is 5.69 Å².